The van der Waals surface area contributed by atoms with E-state index in [2.05, 4.69) is 24.3 Å². The first-order valence-electron chi connectivity index (χ1n) is 6.10. The first kappa shape index (κ1) is 13.7. The zero-order valence-electron chi connectivity index (χ0n) is 11.0. The van der Waals surface area contributed by atoms with Crippen LogP contribution in [0.3, 0.4) is 0 Å². The summed E-state index contributed by atoms with van der Waals surface area (Å²) in [6.07, 6.45) is 0. The quantitative estimate of drug-likeness (QED) is 0.621. The Morgan fingerprint density at radius 1 is 1.00 bits per heavy atom. The Labute approximate surface area is 117 Å². The highest BCUT2D eigenvalue weighted by Crippen LogP contribution is 2.27. The smallest absolute Gasteiger partial charge is 0.318 e. The van der Waals surface area contributed by atoms with Gasteiger partial charge in [0.25, 0.3) is 0 Å². The highest BCUT2D eigenvalue weighted by molar-refractivity contribution is 8.00. The van der Waals surface area contributed by atoms with Crippen LogP contribution in [0.15, 0.2) is 59.5 Å². The van der Waals surface area contributed by atoms with E-state index in [0.717, 1.165) is 4.90 Å². The number of rotatable bonds is 4. The predicted molar refractivity (Wildman–Crippen MR) is 79.2 cm³/mol. The molecule has 2 aromatic rings. The molecule has 0 saturated carbocycles. The first-order valence-corrected chi connectivity index (χ1v) is 6.98. The molecule has 2 aromatic carbocycles. The number of ether oxygens (including phenoxy) is 1. The minimum atomic E-state index is -0.197. The van der Waals surface area contributed by atoms with E-state index in [9.17, 15) is 4.79 Å². The van der Waals surface area contributed by atoms with Crippen molar-refractivity contribution in [1.82, 2.24) is 0 Å². The molecule has 0 saturated heterocycles. The first-order chi connectivity index (χ1) is 9.20. The Kier molecular flexibility index (Phi) is 4.63. The van der Waals surface area contributed by atoms with E-state index >= 15 is 0 Å². The molecule has 0 N–H and O–H groups in total. The van der Waals surface area contributed by atoms with Crippen LogP contribution in [0.5, 0.6) is 0 Å². The van der Waals surface area contributed by atoms with E-state index in [1.807, 2.05) is 37.3 Å². The lowest BCUT2D eigenvalue weighted by atomic mass is 10.1. The zero-order valence-corrected chi connectivity index (χ0v) is 11.8. The Hall–Kier alpha value is -1.74. The van der Waals surface area contributed by atoms with Gasteiger partial charge >= 0.3 is 5.97 Å². The summed E-state index contributed by atoms with van der Waals surface area (Å²) in [6, 6.07) is 18.4. The molecule has 1 atom stereocenters. The fourth-order valence-corrected chi connectivity index (χ4v) is 2.67. The molecule has 0 radical (unpaired) electrons. The molecule has 0 aliphatic rings. The summed E-state index contributed by atoms with van der Waals surface area (Å²) in [5, 5.41) is -0.187. The number of carbonyl (C=O) groups is 1. The van der Waals surface area contributed by atoms with Crippen molar-refractivity contribution in [3.63, 3.8) is 0 Å². The normalized spacial score (nSPS) is 11.9. The summed E-state index contributed by atoms with van der Waals surface area (Å²) in [7, 11) is 1.41. The van der Waals surface area contributed by atoms with Gasteiger partial charge in [-0.05, 0) is 30.2 Å². The van der Waals surface area contributed by atoms with Gasteiger partial charge in [0, 0.05) is 4.90 Å². The van der Waals surface area contributed by atoms with Crippen molar-refractivity contribution in [3.05, 3.63) is 54.6 Å². The molecule has 0 heterocycles. The van der Waals surface area contributed by atoms with E-state index in [0.29, 0.717) is 0 Å². The van der Waals surface area contributed by atoms with Gasteiger partial charge in [-0.1, -0.05) is 42.5 Å². The third kappa shape index (κ3) is 3.61. The lowest BCUT2D eigenvalue weighted by Gasteiger charge is -2.09. The topological polar surface area (TPSA) is 26.3 Å². The number of carbonyl (C=O) groups excluding carboxylic acids is 1. The molecule has 19 heavy (non-hydrogen) atoms. The largest absolute Gasteiger partial charge is 0.468 e. The Morgan fingerprint density at radius 2 is 1.58 bits per heavy atom. The maximum absolute atomic E-state index is 11.4. The molecule has 2 rings (SSSR count). The molecule has 98 valence electrons. The number of thioether (sulfide) groups is 1. The van der Waals surface area contributed by atoms with Gasteiger partial charge in [-0.15, -0.1) is 11.8 Å². The maximum Gasteiger partial charge on any atom is 0.318 e. The second kappa shape index (κ2) is 6.43. The molecule has 0 fully saturated rings. The van der Waals surface area contributed by atoms with E-state index in [-0.39, 0.29) is 11.2 Å². The predicted octanol–water partition coefficient (Wildman–Crippen LogP) is 4.01. The van der Waals surface area contributed by atoms with E-state index in [1.165, 1.54) is 30.0 Å². The molecule has 0 aliphatic heterocycles. The van der Waals surface area contributed by atoms with E-state index in [4.69, 9.17) is 4.74 Å². The molecule has 1 unspecified atom stereocenters. The van der Waals surface area contributed by atoms with Crippen molar-refractivity contribution < 1.29 is 9.53 Å². The summed E-state index contributed by atoms with van der Waals surface area (Å²) in [5.41, 5.74) is 2.37. The van der Waals surface area contributed by atoms with Crippen LogP contribution in [-0.4, -0.2) is 18.3 Å². The third-order valence-electron chi connectivity index (χ3n) is 2.81. The summed E-state index contributed by atoms with van der Waals surface area (Å²) >= 11 is 1.51. The van der Waals surface area contributed by atoms with Crippen LogP contribution in [-0.2, 0) is 9.53 Å². The van der Waals surface area contributed by atoms with E-state index in [1.54, 1.807) is 0 Å². The monoisotopic (exact) mass is 272 g/mol. The Morgan fingerprint density at radius 3 is 2.16 bits per heavy atom. The van der Waals surface area contributed by atoms with Crippen molar-refractivity contribution in [3.8, 4) is 11.1 Å². The molecule has 3 heteroatoms. The van der Waals surface area contributed by atoms with Crippen molar-refractivity contribution in [2.75, 3.05) is 7.11 Å². The van der Waals surface area contributed by atoms with Crippen LogP contribution in [0.1, 0.15) is 6.92 Å². The minimum absolute atomic E-state index is 0.187. The van der Waals surface area contributed by atoms with Gasteiger partial charge in [0.2, 0.25) is 0 Å². The Bertz CT molecular complexity index is 534. The van der Waals surface area contributed by atoms with Gasteiger partial charge in [0.05, 0.1) is 7.11 Å². The van der Waals surface area contributed by atoms with Gasteiger partial charge < -0.3 is 4.74 Å². The van der Waals surface area contributed by atoms with E-state index < -0.39 is 0 Å². The summed E-state index contributed by atoms with van der Waals surface area (Å²) in [6.45, 7) is 1.85. The van der Waals surface area contributed by atoms with Crippen molar-refractivity contribution >= 4 is 17.7 Å². The number of esters is 1. The SMILES string of the molecule is COC(=O)C(C)Sc1ccc(-c2ccccc2)cc1. The molecule has 0 aromatic heterocycles. The van der Waals surface area contributed by atoms with Crippen LogP contribution in [0.25, 0.3) is 11.1 Å². The summed E-state index contributed by atoms with van der Waals surface area (Å²) < 4.78 is 4.72. The maximum atomic E-state index is 11.4. The minimum Gasteiger partial charge on any atom is -0.468 e. The highest BCUT2D eigenvalue weighted by Gasteiger charge is 2.14. The number of hydrogen-bond acceptors (Lipinski definition) is 3. The summed E-state index contributed by atoms with van der Waals surface area (Å²) in [5.74, 6) is -0.197. The third-order valence-corrected chi connectivity index (χ3v) is 3.90. The summed E-state index contributed by atoms with van der Waals surface area (Å²) in [4.78, 5) is 12.4. The fourth-order valence-electron chi connectivity index (χ4n) is 1.77. The molecular formula is C16H16O2S. The molecule has 0 spiro atoms. The number of methoxy groups -OCH3 is 1. The van der Waals surface area contributed by atoms with Gasteiger partial charge in [-0.2, -0.15) is 0 Å². The Balaban J connectivity index is 2.09. The standard InChI is InChI=1S/C16H16O2S/c1-12(16(17)18-2)19-15-10-8-14(9-11-15)13-6-4-3-5-7-13/h3-12H,1-2H3. The highest BCUT2D eigenvalue weighted by atomic mass is 32.2. The van der Waals surface area contributed by atoms with Gasteiger partial charge in [0.15, 0.2) is 0 Å². The average molecular weight is 272 g/mol. The van der Waals surface area contributed by atoms with Crippen LogP contribution < -0.4 is 0 Å². The number of hydrogen-bond donors (Lipinski definition) is 0. The zero-order chi connectivity index (χ0) is 13.7. The second-order valence-corrected chi connectivity index (χ2v) is 5.59. The van der Waals surface area contributed by atoms with Crippen molar-refractivity contribution in [2.24, 2.45) is 0 Å². The van der Waals surface area contributed by atoms with Gasteiger partial charge in [-0.3, -0.25) is 4.79 Å². The van der Waals surface area contributed by atoms with Gasteiger partial charge in [0.1, 0.15) is 5.25 Å². The van der Waals surface area contributed by atoms with Gasteiger partial charge in [-0.25, -0.2) is 0 Å². The molecular weight excluding hydrogens is 256 g/mol. The lowest BCUT2D eigenvalue weighted by molar-refractivity contribution is -0.139. The van der Waals surface area contributed by atoms with Crippen LogP contribution in [0.2, 0.25) is 0 Å². The fraction of sp³-hybridized carbons (Fsp3) is 0.188. The molecule has 2 nitrogen and oxygen atoms in total. The van der Waals surface area contributed by atoms with Crippen LogP contribution >= 0.6 is 11.8 Å². The molecule has 0 amide bonds. The molecule has 0 bridgehead atoms. The van der Waals surface area contributed by atoms with Crippen LogP contribution in [0, 0.1) is 0 Å². The molecule has 0 aliphatic carbocycles. The van der Waals surface area contributed by atoms with Crippen molar-refractivity contribution in [2.45, 2.75) is 17.1 Å². The second-order valence-electron chi connectivity index (χ2n) is 4.17. The lowest BCUT2D eigenvalue weighted by Crippen LogP contribution is -2.14. The number of benzene rings is 2. The van der Waals surface area contributed by atoms with Crippen LogP contribution in [0.4, 0.5) is 0 Å². The van der Waals surface area contributed by atoms with Crippen molar-refractivity contribution in [1.29, 1.82) is 0 Å². The average Bonchev–Trinajstić information content (AvgIpc) is 2.48.